The number of carbonyl (C=O) groups excluding carboxylic acids is 1. The zero-order valence-electron chi connectivity index (χ0n) is 12.9. The van der Waals surface area contributed by atoms with Crippen LogP contribution >= 0.6 is 12.2 Å². The quantitative estimate of drug-likeness (QED) is 0.679. The van der Waals surface area contributed by atoms with Gasteiger partial charge in [0.05, 0.1) is 30.7 Å². The third kappa shape index (κ3) is 2.91. The number of pyridine rings is 1. The molecule has 0 amide bonds. The van der Waals surface area contributed by atoms with Crippen LogP contribution in [0.15, 0.2) is 10.9 Å². The highest BCUT2D eigenvalue weighted by molar-refractivity contribution is 7.71. The largest absolute Gasteiger partial charge is 0.465 e. The lowest BCUT2D eigenvalue weighted by Gasteiger charge is -2.16. The summed E-state index contributed by atoms with van der Waals surface area (Å²) < 4.78 is 12.4. The number of esters is 1. The maximum Gasteiger partial charge on any atom is 0.338 e. The summed E-state index contributed by atoms with van der Waals surface area (Å²) >= 11 is 5.28. The monoisotopic (exact) mass is 335 g/mol. The number of nitrogens with one attached hydrogen (secondary N) is 1. The van der Waals surface area contributed by atoms with E-state index in [9.17, 15) is 9.59 Å². The molecule has 1 unspecified atom stereocenters. The van der Waals surface area contributed by atoms with E-state index in [0.29, 0.717) is 17.9 Å². The predicted molar refractivity (Wildman–Crippen MR) is 86.2 cm³/mol. The van der Waals surface area contributed by atoms with E-state index in [1.807, 2.05) is 0 Å². The number of hydrogen-bond acceptors (Lipinski definition) is 6. The molecule has 8 heteroatoms. The Morgan fingerprint density at radius 2 is 2.39 bits per heavy atom. The van der Waals surface area contributed by atoms with Gasteiger partial charge in [-0.05, 0) is 38.0 Å². The highest BCUT2D eigenvalue weighted by Crippen LogP contribution is 2.19. The van der Waals surface area contributed by atoms with Gasteiger partial charge in [-0.15, -0.1) is 0 Å². The Labute approximate surface area is 137 Å². The summed E-state index contributed by atoms with van der Waals surface area (Å²) in [5.41, 5.74) is 0.738. The van der Waals surface area contributed by atoms with Gasteiger partial charge in [0.25, 0.3) is 5.56 Å². The predicted octanol–water partition coefficient (Wildman–Crippen LogP) is 1.73. The summed E-state index contributed by atoms with van der Waals surface area (Å²) in [7, 11) is 1.28. The number of rotatable bonds is 3. The van der Waals surface area contributed by atoms with Crippen molar-refractivity contribution < 1.29 is 14.3 Å². The Hall–Kier alpha value is -2.06. The molecule has 1 N–H and O–H groups in total. The van der Waals surface area contributed by atoms with Crippen LogP contribution < -0.4 is 5.56 Å². The fourth-order valence-electron chi connectivity index (χ4n) is 2.83. The van der Waals surface area contributed by atoms with Gasteiger partial charge in [0, 0.05) is 12.3 Å². The van der Waals surface area contributed by atoms with Crippen molar-refractivity contribution in [2.75, 3.05) is 13.7 Å². The lowest BCUT2D eigenvalue weighted by molar-refractivity contribution is 0.0602. The first-order valence-electron chi connectivity index (χ1n) is 7.35. The van der Waals surface area contributed by atoms with Crippen LogP contribution in [0.25, 0.3) is 11.0 Å². The fourth-order valence-corrected chi connectivity index (χ4v) is 3.09. The first-order chi connectivity index (χ1) is 11.0. The zero-order chi connectivity index (χ0) is 16.6. The van der Waals surface area contributed by atoms with Crippen molar-refractivity contribution in [3.63, 3.8) is 0 Å². The van der Waals surface area contributed by atoms with Gasteiger partial charge in [0.15, 0.2) is 4.77 Å². The second kappa shape index (κ2) is 6.21. The van der Waals surface area contributed by atoms with Crippen LogP contribution in [0.3, 0.4) is 0 Å². The third-order valence-corrected chi connectivity index (χ3v) is 4.21. The first-order valence-corrected chi connectivity index (χ1v) is 7.76. The lowest BCUT2D eigenvalue weighted by atomic mass is 10.1. The van der Waals surface area contributed by atoms with Crippen molar-refractivity contribution in [2.24, 2.45) is 0 Å². The highest BCUT2D eigenvalue weighted by atomic mass is 32.1. The molecule has 1 fully saturated rings. The van der Waals surface area contributed by atoms with E-state index in [1.165, 1.54) is 7.11 Å². The number of aromatic nitrogens is 3. The van der Waals surface area contributed by atoms with Crippen LogP contribution in [0.5, 0.6) is 0 Å². The molecule has 3 heterocycles. The van der Waals surface area contributed by atoms with Crippen molar-refractivity contribution in [3.8, 4) is 0 Å². The van der Waals surface area contributed by atoms with Crippen LogP contribution in [0.4, 0.5) is 0 Å². The molecular formula is C15H17N3O4S. The normalized spacial score (nSPS) is 17.6. The molecule has 0 bridgehead atoms. The molecule has 2 aromatic rings. The molecule has 122 valence electrons. The highest BCUT2D eigenvalue weighted by Gasteiger charge is 2.21. The molecule has 1 atom stereocenters. The smallest absolute Gasteiger partial charge is 0.338 e. The Morgan fingerprint density at radius 1 is 1.61 bits per heavy atom. The van der Waals surface area contributed by atoms with Crippen LogP contribution in [-0.2, 0) is 16.0 Å². The van der Waals surface area contributed by atoms with E-state index in [-0.39, 0.29) is 21.8 Å². The summed E-state index contributed by atoms with van der Waals surface area (Å²) in [4.78, 5) is 31.4. The second-order valence-corrected chi connectivity index (χ2v) is 5.89. The SMILES string of the molecule is COC(=O)c1cc(C)nc2c1c(=O)[nH]c(=S)n2CC1CCCO1. The Morgan fingerprint density at radius 3 is 3.04 bits per heavy atom. The standard InChI is InChI=1S/C15H17N3O4S/c1-8-6-10(14(20)21-2)11-12(16-8)18(15(23)17-13(11)19)7-9-4-3-5-22-9/h6,9H,3-5,7H2,1-2H3,(H,17,19,23). The number of aromatic amines is 1. The van der Waals surface area contributed by atoms with E-state index in [1.54, 1.807) is 17.6 Å². The van der Waals surface area contributed by atoms with Gasteiger partial charge < -0.3 is 9.47 Å². The van der Waals surface area contributed by atoms with E-state index >= 15 is 0 Å². The molecule has 3 rings (SSSR count). The number of aryl methyl sites for hydroxylation is 1. The minimum atomic E-state index is -0.577. The van der Waals surface area contributed by atoms with Crippen LogP contribution in [0.2, 0.25) is 0 Å². The van der Waals surface area contributed by atoms with Crippen molar-refractivity contribution in [3.05, 3.63) is 32.4 Å². The van der Waals surface area contributed by atoms with E-state index in [0.717, 1.165) is 19.4 Å². The summed E-state index contributed by atoms with van der Waals surface area (Å²) in [5, 5.41) is 0.189. The summed E-state index contributed by atoms with van der Waals surface area (Å²) in [6.07, 6.45) is 1.96. The second-order valence-electron chi connectivity index (χ2n) is 5.51. The molecular weight excluding hydrogens is 318 g/mol. The Kier molecular flexibility index (Phi) is 4.27. The first kappa shape index (κ1) is 15.8. The minimum Gasteiger partial charge on any atom is -0.465 e. The molecule has 23 heavy (non-hydrogen) atoms. The summed E-state index contributed by atoms with van der Waals surface area (Å²) in [6.45, 7) is 2.97. The number of H-pyrrole nitrogens is 1. The Balaban J connectivity index is 2.27. The lowest BCUT2D eigenvalue weighted by Crippen LogP contribution is -2.23. The Bertz CT molecular complexity index is 881. The average Bonchev–Trinajstić information content (AvgIpc) is 3.02. The summed E-state index contributed by atoms with van der Waals surface area (Å²) in [5.74, 6) is -0.577. The molecule has 2 aromatic heterocycles. The van der Waals surface area contributed by atoms with E-state index in [4.69, 9.17) is 21.7 Å². The average molecular weight is 335 g/mol. The topological polar surface area (TPSA) is 86.2 Å². The number of ether oxygens (including phenoxy) is 2. The van der Waals surface area contributed by atoms with E-state index in [2.05, 4.69) is 9.97 Å². The number of hydrogen-bond donors (Lipinski definition) is 1. The molecule has 1 aliphatic rings. The maximum atomic E-state index is 12.3. The number of fused-ring (bicyclic) bond motifs is 1. The van der Waals surface area contributed by atoms with Crippen molar-refractivity contribution >= 4 is 29.2 Å². The fraction of sp³-hybridized carbons (Fsp3) is 0.467. The van der Waals surface area contributed by atoms with E-state index < -0.39 is 11.5 Å². The maximum absolute atomic E-state index is 12.3. The number of methoxy groups -OCH3 is 1. The third-order valence-electron chi connectivity index (χ3n) is 3.89. The van der Waals surface area contributed by atoms with Gasteiger partial charge in [-0.25, -0.2) is 9.78 Å². The van der Waals surface area contributed by atoms with Crippen molar-refractivity contribution in [1.82, 2.24) is 14.5 Å². The number of nitrogens with zero attached hydrogens (tertiary/aromatic N) is 2. The van der Waals surface area contributed by atoms with Gasteiger partial charge in [-0.2, -0.15) is 0 Å². The van der Waals surface area contributed by atoms with Gasteiger partial charge in [0.1, 0.15) is 5.65 Å². The molecule has 0 spiro atoms. The van der Waals surface area contributed by atoms with Crippen LogP contribution in [0, 0.1) is 11.7 Å². The molecule has 7 nitrogen and oxygen atoms in total. The van der Waals surface area contributed by atoms with Crippen molar-refractivity contribution in [1.29, 1.82) is 0 Å². The van der Waals surface area contributed by atoms with Gasteiger partial charge in [-0.3, -0.25) is 14.3 Å². The molecule has 0 aromatic carbocycles. The zero-order valence-corrected chi connectivity index (χ0v) is 13.7. The molecule has 1 saturated heterocycles. The van der Waals surface area contributed by atoms with Crippen LogP contribution in [0.1, 0.15) is 28.9 Å². The minimum absolute atomic E-state index is 0.0275. The number of carbonyl (C=O) groups is 1. The molecule has 0 saturated carbocycles. The summed E-state index contributed by atoms with van der Waals surface area (Å²) in [6, 6.07) is 1.54. The van der Waals surface area contributed by atoms with Crippen molar-refractivity contribution in [2.45, 2.75) is 32.4 Å². The van der Waals surface area contributed by atoms with Gasteiger partial charge in [-0.1, -0.05) is 0 Å². The molecule has 0 aliphatic carbocycles. The van der Waals surface area contributed by atoms with Gasteiger partial charge in [0.2, 0.25) is 0 Å². The van der Waals surface area contributed by atoms with Gasteiger partial charge >= 0.3 is 5.97 Å². The molecule has 0 radical (unpaired) electrons. The molecule has 1 aliphatic heterocycles. The van der Waals surface area contributed by atoms with Crippen LogP contribution in [-0.4, -0.2) is 40.3 Å².